The van der Waals surface area contributed by atoms with Crippen molar-refractivity contribution in [3.05, 3.63) is 23.9 Å². The average molecular weight is 303 g/mol. The fourth-order valence-electron chi connectivity index (χ4n) is 2.24. The van der Waals surface area contributed by atoms with Crippen molar-refractivity contribution in [1.82, 2.24) is 9.88 Å². The summed E-state index contributed by atoms with van der Waals surface area (Å²) >= 11 is 0. The summed E-state index contributed by atoms with van der Waals surface area (Å²) < 4.78 is 11.2. The molecule has 0 aliphatic carbocycles. The molecule has 22 heavy (non-hydrogen) atoms. The molecule has 1 aromatic rings. The van der Waals surface area contributed by atoms with Crippen LogP contribution in [0.3, 0.4) is 0 Å². The molecule has 1 aliphatic heterocycles. The molecule has 1 aromatic heterocycles. The van der Waals surface area contributed by atoms with Crippen LogP contribution in [0.1, 0.15) is 39.2 Å². The molecule has 1 fully saturated rings. The molecule has 0 saturated carbocycles. The summed E-state index contributed by atoms with van der Waals surface area (Å²) in [6.07, 6.45) is 2.78. The fraction of sp³-hybridized carbons (Fsp3) is 0.562. The van der Waals surface area contributed by atoms with Crippen LogP contribution in [0.15, 0.2) is 18.3 Å². The Labute approximate surface area is 130 Å². The number of rotatable bonds is 2. The van der Waals surface area contributed by atoms with Crippen LogP contribution < -0.4 is 4.74 Å². The minimum Gasteiger partial charge on any atom is -0.472 e. The molecule has 1 atom stereocenters. The Morgan fingerprint density at radius 1 is 1.50 bits per heavy atom. The molecule has 0 aromatic carbocycles. The molecule has 0 spiro atoms. The third-order valence-electron chi connectivity index (χ3n) is 3.18. The number of piperidine rings is 1. The average Bonchev–Trinajstić information content (AvgIpc) is 2.46. The first kappa shape index (κ1) is 16.1. The zero-order chi connectivity index (χ0) is 16.2. The van der Waals surface area contributed by atoms with E-state index in [4.69, 9.17) is 14.7 Å². The summed E-state index contributed by atoms with van der Waals surface area (Å²) in [6, 6.07) is 5.28. The lowest BCUT2D eigenvalue weighted by Gasteiger charge is -2.33. The lowest BCUT2D eigenvalue weighted by atomic mass is 10.1. The maximum Gasteiger partial charge on any atom is 0.410 e. The van der Waals surface area contributed by atoms with Crippen molar-refractivity contribution in [3.8, 4) is 11.9 Å². The second kappa shape index (κ2) is 6.65. The first-order valence-corrected chi connectivity index (χ1v) is 7.38. The van der Waals surface area contributed by atoms with Crippen molar-refractivity contribution in [1.29, 1.82) is 5.26 Å². The first-order chi connectivity index (χ1) is 10.4. The van der Waals surface area contributed by atoms with Crippen LogP contribution in [0.5, 0.6) is 5.88 Å². The fourth-order valence-corrected chi connectivity index (χ4v) is 2.24. The predicted octanol–water partition coefficient (Wildman–Crippen LogP) is 2.73. The number of ether oxygens (including phenoxy) is 2. The standard InChI is InChI=1S/C16H21N3O3/c1-16(2,3)22-15(20)19-8-4-5-13(11-19)21-14-9-12(10-17)6-7-18-14/h6-7,9,13H,4-5,8,11H2,1-3H3/t13-/m0/s1. The monoisotopic (exact) mass is 303 g/mol. The van der Waals surface area contributed by atoms with Crippen LogP contribution >= 0.6 is 0 Å². The van der Waals surface area contributed by atoms with E-state index in [2.05, 4.69) is 11.1 Å². The van der Waals surface area contributed by atoms with Gasteiger partial charge in [-0.15, -0.1) is 0 Å². The van der Waals surface area contributed by atoms with Gasteiger partial charge in [0, 0.05) is 18.8 Å². The number of carbonyl (C=O) groups is 1. The van der Waals surface area contributed by atoms with Gasteiger partial charge in [-0.25, -0.2) is 9.78 Å². The molecule has 0 radical (unpaired) electrons. The first-order valence-electron chi connectivity index (χ1n) is 7.38. The van der Waals surface area contributed by atoms with Crippen LogP contribution in [0, 0.1) is 11.3 Å². The zero-order valence-corrected chi connectivity index (χ0v) is 13.2. The van der Waals surface area contributed by atoms with E-state index >= 15 is 0 Å². The van der Waals surface area contributed by atoms with Crippen LogP contribution in [0.25, 0.3) is 0 Å². The second-order valence-corrected chi connectivity index (χ2v) is 6.30. The number of nitrogens with zero attached hydrogens (tertiary/aromatic N) is 3. The number of amides is 1. The Morgan fingerprint density at radius 3 is 2.95 bits per heavy atom. The third-order valence-corrected chi connectivity index (χ3v) is 3.18. The van der Waals surface area contributed by atoms with E-state index in [-0.39, 0.29) is 12.2 Å². The van der Waals surface area contributed by atoms with Crippen molar-refractivity contribution in [3.63, 3.8) is 0 Å². The molecule has 2 rings (SSSR count). The maximum absolute atomic E-state index is 12.1. The SMILES string of the molecule is CC(C)(C)OC(=O)N1CCC[C@H](Oc2cc(C#N)ccn2)C1. The number of carbonyl (C=O) groups excluding carboxylic acids is 1. The Morgan fingerprint density at radius 2 is 2.27 bits per heavy atom. The van der Waals surface area contributed by atoms with Gasteiger partial charge < -0.3 is 14.4 Å². The Balaban J connectivity index is 1.96. The quantitative estimate of drug-likeness (QED) is 0.839. The van der Waals surface area contributed by atoms with Gasteiger partial charge in [-0.3, -0.25) is 0 Å². The van der Waals surface area contributed by atoms with Crippen molar-refractivity contribution in [2.24, 2.45) is 0 Å². The third kappa shape index (κ3) is 4.62. The minimum atomic E-state index is -0.506. The largest absolute Gasteiger partial charge is 0.472 e. The number of aromatic nitrogens is 1. The van der Waals surface area contributed by atoms with E-state index < -0.39 is 5.60 Å². The molecular weight excluding hydrogens is 282 g/mol. The van der Waals surface area contributed by atoms with E-state index in [9.17, 15) is 4.79 Å². The highest BCUT2D eigenvalue weighted by molar-refractivity contribution is 5.68. The lowest BCUT2D eigenvalue weighted by molar-refractivity contribution is 0.00722. The van der Waals surface area contributed by atoms with Gasteiger partial charge in [-0.1, -0.05) is 0 Å². The van der Waals surface area contributed by atoms with Crippen molar-refractivity contribution in [2.75, 3.05) is 13.1 Å². The Kier molecular flexibility index (Phi) is 4.86. The summed E-state index contributed by atoms with van der Waals surface area (Å²) in [5.41, 5.74) is -0.00193. The Bertz CT molecular complexity index is 575. The van der Waals surface area contributed by atoms with Crippen molar-refractivity contribution >= 4 is 6.09 Å². The molecule has 0 N–H and O–H groups in total. The predicted molar refractivity (Wildman–Crippen MR) is 80.4 cm³/mol. The Hall–Kier alpha value is -2.29. The topological polar surface area (TPSA) is 75.4 Å². The second-order valence-electron chi connectivity index (χ2n) is 6.30. The van der Waals surface area contributed by atoms with Gasteiger partial charge in [-0.05, 0) is 39.7 Å². The lowest BCUT2D eigenvalue weighted by Crippen LogP contribution is -2.46. The molecule has 2 heterocycles. The van der Waals surface area contributed by atoms with Crippen LogP contribution in [0.4, 0.5) is 4.79 Å². The van der Waals surface area contributed by atoms with Gasteiger partial charge in [0.1, 0.15) is 11.7 Å². The van der Waals surface area contributed by atoms with Crippen molar-refractivity contribution in [2.45, 2.75) is 45.3 Å². The smallest absolute Gasteiger partial charge is 0.410 e. The van der Waals surface area contributed by atoms with Gasteiger partial charge in [0.2, 0.25) is 5.88 Å². The summed E-state index contributed by atoms with van der Waals surface area (Å²) in [5, 5.41) is 8.89. The van der Waals surface area contributed by atoms with Crippen LogP contribution in [0.2, 0.25) is 0 Å². The highest BCUT2D eigenvalue weighted by Gasteiger charge is 2.28. The summed E-state index contributed by atoms with van der Waals surface area (Å²) in [4.78, 5) is 17.9. The zero-order valence-electron chi connectivity index (χ0n) is 13.2. The van der Waals surface area contributed by atoms with E-state index in [1.807, 2.05) is 20.8 Å². The highest BCUT2D eigenvalue weighted by atomic mass is 16.6. The number of likely N-dealkylation sites (tertiary alicyclic amines) is 1. The molecule has 1 amide bonds. The minimum absolute atomic E-state index is 0.136. The van der Waals surface area contributed by atoms with Gasteiger partial charge >= 0.3 is 6.09 Å². The molecular formula is C16H21N3O3. The van der Waals surface area contributed by atoms with Crippen molar-refractivity contribution < 1.29 is 14.3 Å². The van der Waals surface area contributed by atoms with Crippen LogP contribution in [-0.2, 0) is 4.74 Å². The highest BCUT2D eigenvalue weighted by Crippen LogP contribution is 2.19. The number of hydrogen-bond acceptors (Lipinski definition) is 5. The molecule has 0 bridgehead atoms. The molecule has 1 saturated heterocycles. The van der Waals surface area contributed by atoms with E-state index in [1.54, 1.807) is 23.2 Å². The number of pyridine rings is 1. The maximum atomic E-state index is 12.1. The van der Waals surface area contributed by atoms with E-state index in [0.717, 1.165) is 12.8 Å². The van der Waals surface area contributed by atoms with E-state index in [0.29, 0.717) is 24.5 Å². The van der Waals surface area contributed by atoms with Gasteiger partial charge in [0.25, 0.3) is 0 Å². The molecule has 6 nitrogen and oxygen atoms in total. The normalized spacial score (nSPS) is 18.5. The molecule has 1 aliphatic rings. The summed E-state index contributed by atoms with van der Waals surface area (Å²) in [5.74, 6) is 0.412. The van der Waals surface area contributed by atoms with Gasteiger partial charge in [0.05, 0.1) is 18.2 Å². The number of nitriles is 1. The molecule has 6 heteroatoms. The van der Waals surface area contributed by atoms with Gasteiger partial charge in [-0.2, -0.15) is 5.26 Å². The van der Waals surface area contributed by atoms with Crippen LogP contribution in [-0.4, -0.2) is 40.8 Å². The molecule has 0 unspecified atom stereocenters. The van der Waals surface area contributed by atoms with Gasteiger partial charge in [0.15, 0.2) is 0 Å². The summed E-state index contributed by atoms with van der Waals surface area (Å²) in [7, 11) is 0. The number of hydrogen-bond donors (Lipinski definition) is 0. The molecule has 118 valence electrons. The summed E-state index contributed by atoms with van der Waals surface area (Å²) in [6.45, 7) is 6.67. The van der Waals surface area contributed by atoms with E-state index in [1.165, 1.54) is 0 Å².